The monoisotopic (exact) mass is 398 g/mol. The number of hydrogen-bond donors (Lipinski definition) is 2. The lowest BCUT2D eigenvalue weighted by atomic mass is 10.0. The fourth-order valence-corrected chi connectivity index (χ4v) is 3.65. The Bertz CT molecular complexity index is 1320. The Morgan fingerprint density at radius 1 is 1.10 bits per heavy atom. The first kappa shape index (κ1) is 18.1. The highest BCUT2D eigenvalue weighted by Gasteiger charge is 2.21. The number of carbonyl (C=O) groups is 2. The minimum absolute atomic E-state index is 0.0489. The topological polar surface area (TPSA) is 97.1 Å². The number of fused-ring (bicyclic) bond motifs is 2. The zero-order chi connectivity index (χ0) is 20.8. The molecule has 3 heterocycles. The van der Waals surface area contributed by atoms with Crippen molar-refractivity contribution < 1.29 is 14.1 Å². The first-order valence-corrected chi connectivity index (χ1v) is 9.56. The summed E-state index contributed by atoms with van der Waals surface area (Å²) in [6.45, 7) is 3.79. The Morgan fingerprint density at radius 3 is 2.70 bits per heavy atom. The SMILES string of the molecule is Cc1ccc(-c2cc(C(=O)Nc3ccc4c(c3)CC(=O)N4)c3c(C)noc3n2)cc1. The van der Waals surface area contributed by atoms with Gasteiger partial charge < -0.3 is 15.2 Å². The lowest BCUT2D eigenvalue weighted by Crippen LogP contribution is -2.13. The molecule has 0 saturated heterocycles. The van der Waals surface area contributed by atoms with Crippen molar-refractivity contribution >= 4 is 34.3 Å². The Hall–Kier alpha value is -4.00. The zero-order valence-corrected chi connectivity index (χ0v) is 16.4. The number of carbonyl (C=O) groups excluding carboxylic acids is 2. The number of nitrogens with zero attached hydrogens (tertiary/aromatic N) is 2. The molecule has 0 atom stereocenters. The Labute approximate surface area is 172 Å². The van der Waals surface area contributed by atoms with E-state index in [0.29, 0.717) is 40.2 Å². The smallest absolute Gasteiger partial charge is 0.259 e. The molecule has 2 aromatic heterocycles. The molecule has 2 N–H and O–H groups in total. The molecule has 7 heteroatoms. The predicted molar refractivity (Wildman–Crippen MR) is 113 cm³/mol. The molecule has 0 fully saturated rings. The number of aryl methyl sites for hydroxylation is 2. The number of amides is 2. The highest BCUT2D eigenvalue weighted by molar-refractivity contribution is 6.13. The van der Waals surface area contributed by atoms with Crippen molar-refractivity contribution in [2.24, 2.45) is 0 Å². The average Bonchev–Trinajstić information content (AvgIpc) is 3.29. The highest BCUT2D eigenvalue weighted by Crippen LogP contribution is 2.29. The fourth-order valence-electron chi connectivity index (χ4n) is 3.65. The maximum absolute atomic E-state index is 13.2. The summed E-state index contributed by atoms with van der Waals surface area (Å²) in [5.41, 5.74) is 6.26. The van der Waals surface area contributed by atoms with Crippen LogP contribution in [0.2, 0.25) is 0 Å². The van der Waals surface area contributed by atoms with Gasteiger partial charge in [0.05, 0.1) is 28.8 Å². The van der Waals surface area contributed by atoms with Crippen LogP contribution in [0.4, 0.5) is 11.4 Å². The Morgan fingerprint density at radius 2 is 1.90 bits per heavy atom. The van der Waals surface area contributed by atoms with Gasteiger partial charge in [-0.25, -0.2) is 4.98 Å². The second-order valence-corrected chi connectivity index (χ2v) is 7.42. The van der Waals surface area contributed by atoms with Crippen LogP contribution < -0.4 is 10.6 Å². The second kappa shape index (κ2) is 6.81. The number of rotatable bonds is 3. The number of aromatic nitrogens is 2. The summed E-state index contributed by atoms with van der Waals surface area (Å²) >= 11 is 0. The molecule has 0 spiro atoms. The van der Waals surface area contributed by atoms with E-state index in [-0.39, 0.29) is 11.8 Å². The number of benzene rings is 2. The lowest BCUT2D eigenvalue weighted by molar-refractivity contribution is -0.115. The molecule has 2 amide bonds. The largest absolute Gasteiger partial charge is 0.335 e. The molecule has 2 aromatic carbocycles. The molecule has 30 heavy (non-hydrogen) atoms. The Balaban J connectivity index is 1.55. The zero-order valence-electron chi connectivity index (χ0n) is 16.4. The summed E-state index contributed by atoms with van der Waals surface area (Å²) in [6.07, 6.45) is 0.306. The first-order valence-electron chi connectivity index (χ1n) is 9.56. The van der Waals surface area contributed by atoms with Crippen LogP contribution in [0.5, 0.6) is 0 Å². The predicted octanol–water partition coefficient (Wildman–Crippen LogP) is 4.25. The number of pyridine rings is 1. The van der Waals surface area contributed by atoms with Crippen molar-refractivity contribution in [1.82, 2.24) is 10.1 Å². The summed E-state index contributed by atoms with van der Waals surface area (Å²) in [7, 11) is 0. The summed E-state index contributed by atoms with van der Waals surface area (Å²) in [6, 6.07) is 15.0. The van der Waals surface area contributed by atoms with E-state index < -0.39 is 0 Å². The molecule has 0 unspecified atom stereocenters. The third kappa shape index (κ3) is 3.10. The van der Waals surface area contributed by atoms with E-state index in [1.807, 2.05) is 37.3 Å². The summed E-state index contributed by atoms with van der Waals surface area (Å²) in [4.78, 5) is 29.3. The van der Waals surface area contributed by atoms with E-state index in [2.05, 4.69) is 20.8 Å². The van der Waals surface area contributed by atoms with Crippen molar-refractivity contribution in [3.05, 3.63) is 70.9 Å². The second-order valence-electron chi connectivity index (χ2n) is 7.42. The van der Waals surface area contributed by atoms with Gasteiger partial charge in [0.2, 0.25) is 5.91 Å². The van der Waals surface area contributed by atoms with Crippen LogP contribution in [-0.4, -0.2) is 22.0 Å². The van der Waals surface area contributed by atoms with Gasteiger partial charge in [0.15, 0.2) is 0 Å². The molecule has 5 rings (SSSR count). The minimum Gasteiger partial charge on any atom is -0.335 e. The van der Waals surface area contributed by atoms with Crippen molar-refractivity contribution in [2.75, 3.05) is 10.6 Å². The molecule has 1 aliphatic rings. The molecule has 0 saturated carbocycles. The van der Waals surface area contributed by atoms with Crippen molar-refractivity contribution in [1.29, 1.82) is 0 Å². The standard InChI is InChI=1S/C23H18N4O3/c1-12-3-5-14(6-4-12)19-11-17(21-13(2)27-30-23(21)26-19)22(29)24-16-7-8-18-15(9-16)10-20(28)25-18/h3-9,11H,10H2,1-2H3,(H,24,29)(H,25,28). The van der Waals surface area contributed by atoms with E-state index in [0.717, 1.165) is 22.4 Å². The highest BCUT2D eigenvalue weighted by atomic mass is 16.5. The molecule has 0 bridgehead atoms. The quantitative estimate of drug-likeness (QED) is 0.538. The molecule has 1 aliphatic heterocycles. The molecule has 4 aromatic rings. The van der Waals surface area contributed by atoms with Gasteiger partial charge in [-0.15, -0.1) is 0 Å². The molecule has 0 radical (unpaired) electrons. The van der Waals surface area contributed by atoms with E-state index in [4.69, 9.17) is 4.52 Å². The summed E-state index contributed by atoms with van der Waals surface area (Å²) < 4.78 is 5.36. The Kier molecular flexibility index (Phi) is 4.10. The van der Waals surface area contributed by atoms with Crippen LogP contribution in [0, 0.1) is 13.8 Å². The van der Waals surface area contributed by atoms with E-state index in [1.165, 1.54) is 0 Å². The van der Waals surface area contributed by atoms with Gasteiger partial charge >= 0.3 is 0 Å². The first-order chi connectivity index (χ1) is 14.5. The number of hydrogen-bond acceptors (Lipinski definition) is 5. The van der Waals surface area contributed by atoms with Crippen molar-refractivity contribution in [2.45, 2.75) is 20.3 Å². The van der Waals surface area contributed by atoms with Crippen LogP contribution in [0.1, 0.15) is 27.2 Å². The molecular weight excluding hydrogens is 380 g/mol. The number of nitrogens with one attached hydrogen (secondary N) is 2. The van der Waals surface area contributed by atoms with Gasteiger partial charge in [-0.05, 0) is 43.7 Å². The fraction of sp³-hybridized carbons (Fsp3) is 0.130. The van der Waals surface area contributed by atoms with Crippen molar-refractivity contribution in [3.63, 3.8) is 0 Å². The lowest BCUT2D eigenvalue weighted by Gasteiger charge is -2.10. The molecule has 148 valence electrons. The van der Waals surface area contributed by atoms with Gasteiger partial charge in [0, 0.05) is 16.9 Å². The van der Waals surface area contributed by atoms with E-state index in [1.54, 1.807) is 25.1 Å². The van der Waals surface area contributed by atoms with Crippen LogP contribution in [0.3, 0.4) is 0 Å². The van der Waals surface area contributed by atoms with Gasteiger partial charge in [0.25, 0.3) is 11.6 Å². The van der Waals surface area contributed by atoms with Gasteiger partial charge in [-0.1, -0.05) is 35.0 Å². The third-order valence-corrected chi connectivity index (χ3v) is 5.20. The molecule has 0 aliphatic carbocycles. The minimum atomic E-state index is -0.292. The maximum Gasteiger partial charge on any atom is 0.259 e. The van der Waals surface area contributed by atoms with Crippen LogP contribution >= 0.6 is 0 Å². The normalized spacial score (nSPS) is 12.7. The van der Waals surface area contributed by atoms with E-state index >= 15 is 0 Å². The number of anilines is 2. The van der Waals surface area contributed by atoms with Crippen LogP contribution in [-0.2, 0) is 11.2 Å². The van der Waals surface area contributed by atoms with E-state index in [9.17, 15) is 9.59 Å². The van der Waals surface area contributed by atoms with Crippen molar-refractivity contribution in [3.8, 4) is 11.3 Å². The summed E-state index contributed by atoms with van der Waals surface area (Å²) in [5, 5.41) is 10.3. The maximum atomic E-state index is 13.2. The van der Waals surface area contributed by atoms with Gasteiger partial charge in [0.1, 0.15) is 0 Å². The molecule has 7 nitrogen and oxygen atoms in total. The van der Waals surface area contributed by atoms with Gasteiger partial charge in [-0.2, -0.15) is 0 Å². The molecular formula is C23H18N4O3. The van der Waals surface area contributed by atoms with Gasteiger partial charge in [-0.3, -0.25) is 9.59 Å². The average molecular weight is 398 g/mol. The van der Waals surface area contributed by atoms with Crippen LogP contribution in [0.25, 0.3) is 22.4 Å². The summed E-state index contributed by atoms with van der Waals surface area (Å²) in [5.74, 6) is -0.341. The third-order valence-electron chi connectivity index (χ3n) is 5.20. The van der Waals surface area contributed by atoms with Crippen LogP contribution in [0.15, 0.2) is 53.1 Å².